The highest BCUT2D eigenvalue weighted by molar-refractivity contribution is 5.98. The van der Waals surface area contributed by atoms with E-state index < -0.39 is 0 Å². The van der Waals surface area contributed by atoms with Gasteiger partial charge in [-0.3, -0.25) is 0 Å². The van der Waals surface area contributed by atoms with Crippen LogP contribution in [-0.4, -0.2) is 23.0 Å². The molecule has 0 radical (unpaired) electrons. The minimum atomic E-state index is 0. The number of nitrogens with one attached hydrogen (secondary N) is 2. The lowest BCUT2D eigenvalue weighted by Crippen LogP contribution is -3.00. The summed E-state index contributed by atoms with van der Waals surface area (Å²) in [6, 6.07) is 12.0. The summed E-state index contributed by atoms with van der Waals surface area (Å²) < 4.78 is 1.96. The van der Waals surface area contributed by atoms with Gasteiger partial charge in [0.15, 0.2) is 5.82 Å². The minimum Gasteiger partial charge on any atom is -1.00 e. The van der Waals surface area contributed by atoms with Gasteiger partial charge in [0.1, 0.15) is 5.39 Å². The first kappa shape index (κ1) is 19.5. The molecular weight excluding hydrogens is 348 g/mol. The molecule has 4 N–H and O–H groups in total. The molecule has 0 unspecified atom stereocenters. The van der Waals surface area contributed by atoms with Crippen LogP contribution in [0.2, 0.25) is 0 Å². The zero-order chi connectivity index (χ0) is 17.6. The smallest absolute Gasteiger partial charge is 0.299 e. The van der Waals surface area contributed by atoms with Crippen LogP contribution < -0.4 is 28.0 Å². The zero-order valence-corrected chi connectivity index (χ0v) is 15.7. The number of rotatable bonds is 6. The lowest BCUT2D eigenvalue weighted by atomic mass is 10.2. The summed E-state index contributed by atoms with van der Waals surface area (Å²) in [6.45, 7) is 5.64. The molecule has 0 spiro atoms. The van der Waals surface area contributed by atoms with E-state index in [1.54, 1.807) is 6.21 Å². The second kappa shape index (κ2) is 9.01. The van der Waals surface area contributed by atoms with Gasteiger partial charge < -0.3 is 23.5 Å². The van der Waals surface area contributed by atoms with E-state index in [1.807, 2.05) is 60.0 Å². The molecule has 6 nitrogen and oxygen atoms in total. The number of pyridine rings is 1. The van der Waals surface area contributed by atoms with Crippen LogP contribution in [0.5, 0.6) is 0 Å². The minimum absolute atomic E-state index is 0. The molecule has 0 fully saturated rings. The Labute approximate surface area is 159 Å². The van der Waals surface area contributed by atoms with Gasteiger partial charge in [-0.2, -0.15) is 5.10 Å². The second-order valence-corrected chi connectivity index (χ2v) is 5.58. The lowest BCUT2D eigenvalue weighted by Gasteiger charge is -2.08. The molecule has 0 saturated heterocycles. The number of halogens is 1. The summed E-state index contributed by atoms with van der Waals surface area (Å²) in [4.78, 5) is 4.53. The molecule has 3 rings (SSSR count). The summed E-state index contributed by atoms with van der Waals surface area (Å²) in [5.41, 5.74) is 9.02. The number of allylic oxidation sites excluding steroid dienone is 1. The number of anilines is 2. The average Bonchev–Trinajstić information content (AvgIpc) is 3.04. The van der Waals surface area contributed by atoms with E-state index in [2.05, 4.69) is 27.4 Å². The number of aryl methyl sites for hydroxylation is 1. The van der Waals surface area contributed by atoms with Crippen LogP contribution in [0, 0.1) is 0 Å². The van der Waals surface area contributed by atoms with E-state index in [0.717, 1.165) is 35.4 Å². The van der Waals surface area contributed by atoms with Gasteiger partial charge in [-0.05, 0) is 30.6 Å². The van der Waals surface area contributed by atoms with Crippen molar-refractivity contribution in [3.8, 4) is 0 Å². The van der Waals surface area contributed by atoms with Crippen molar-refractivity contribution in [2.75, 3.05) is 17.6 Å². The fourth-order valence-corrected chi connectivity index (χ4v) is 2.78. The highest BCUT2D eigenvalue weighted by Crippen LogP contribution is 2.30. The Bertz CT molecular complexity index is 915. The Morgan fingerprint density at radius 1 is 1.27 bits per heavy atom. The molecule has 7 heteroatoms. The first-order chi connectivity index (χ1) is 12.2. The molecule has 136 valence electrons. The van der Waals surface area contributed by atoms with Crippen molar-refractivity contribution in [2.45, 2.75) is 20.4 Å². The summed E-state index contributed by atoms with van der Waals surface area (Å²) in [6.07, 6.45) is 5.69. The van der Waals surface area contributed by atoms with Gasteiger partial charge in [0.2, 0.25) is 5.82 Å². The van der Waals surface area contributed by atoms with Gasteiger partial charge in [0.05, 0.1) is 12.2 Å². The molecular formula is C19H23ClN6. The molecule has 0 bridgehead atoms. The first-order valence-corrected chi connectivity index (χ1v) is 8.44. The third kappa shape index (κ3) is 4.03. The van der Waals surface area contributed by atoms with Gasteiger partial charge in [0.25, 0.3) is 5.65 Å². The predicted octanol–water partition coefficient (Wildman–Crippen LogP) is 0.304. The Morgan fingerprint density at radius 2 is 2.04 bits per heavy atom. The number of aromatic amines is 1. The monoisotopic (exact) mass is 370 g/mol. The van der Waals surface area contributed by atoms with Crippen molar-refractivity contribution in [1.29, 1.82) is 0 Å². The normalized spacial score (nSPS) is 11.3. The quantitative estimate of drug-likeness (QED) is 0.431. The highest BCUT2D eigenvalue weighted by Gasteiger charge is 2.20. The van der Waals surface area contributed by atoms with E-state index in [-0.39, 0.29) is 12.4 Å². The first-order valence-electron chi connectivity index (χ1n) is 8.44. The van der Waals surface area contributed by atoms with Crippen LogP contribution in [0.1, 0.15) is 19.4 Å². The number of fused-ring (bicyclic) bond motifs is 1. The molecule has 0 saturated carbocycles. The van der Waals surface area contributed by atoms with Gasteiger partial charge in [-0.15, -0.1) is 0 Å². The Kier molecular flexibility index (Phi) is 6.74. The molecule has 1 aromatic carbocycles. The number of hydrogen-bond acceptors (Lipinski definition) is 4. The van der Waals surface area contributed by atoms with Gasteiger partial charge in [0, 0.05) is 18.8 Å². The maximum atomic E-state index is 6.14. The van der Waals surface area contributed by atoms with Crippen LogP contribution >= 0.6 is 0 Å². The average molecular weight is 371 g/mol. The van der Waals surface area contributed by atoms with Crippen molar-refractivity contribution in [3.63, 3.8) is 0 Å². The van der Waals surface area contributed by atoms with E-state index in [4.69, 9.17) is 5.73 Å². The molecule has 2 aromatic heterocycles. The molecule has 0 amide bonds. The third-order valence-electron chi connectivity index (χ3n) is 3.92. The van der Waals surface area contributed by atoms with Crippen LogP contribution in [-0.2, 0) is 6.54 Å². The van der Waals surface area contributed by atoms with Crippen LogP contribution in [0.15, 0.2) is 47.5 Å². The summed E-state index contributed by atoms with van der Waals surface area (Å²) >= 11 is 0. The molecule has 26 heavy (non-hydrogen) atoms. The second-order valence-electron chi connectivity index (χ2n) is 5.58. The largest absolute Gasteiger partial charge is 1.00 e. The van der Waals surface area contributed by atoms with Crippen molar-refractivity contribution < 1.29 is 17.0 Å². The summed E-state index contributed by atoms with van der Waals surface area (Å²) in [5.74, 6) is 1.39. The van der Waals surface area contributed by atoms with Gasteiger partial charge in [-0.25, -0.2) is 9.56 Å². The topological polar surface area (TPSA) is 83.0 Å². The zero-order valence-electron chi connectivity index (χ0n) is 14.9. The number of benzene rings is 1. The predicted molar refractivity (Wildman–Crippen MR) is 104 cm³/mol. The van der Waals surface area contributed by atoms with Crippen molar-refractivity contribution in [2.24, 2.45) is 4.99 Å². The van der Waals surface area contributed by atoms with Crippen LogP contribution in [0.25, 0.3) is 17.1 Å². The maximum Gasteiger partial charge on any atom is 0.299 e. The molecule has 2 heterocycles. The number of aromatic nitrogens is 3. The fourth-order valence-electron chi connectivity index (χ4n) is 2.78. The molecule has 0 aliphatic heterocycles. The lowest BCUT2D eigenvalue weighted by molar-refractivity contribution is -0.655. The molecule has 0 aliphatic carbocycles. The summed E-state index contributed by atoms with van der Waals surface area (Å²) in [7, 11) is 0. The Morgan fingerprint density at radius 3 is 2.73 bits per heavy atom. The maximum absolute atomic E-state index is 6.14. The third-order valence-corrected chi connectivity index (χ3v) is 3.92. The Hall–Kier alpha value is -2.86. The molecule has 3 aromatic rings. The number of nitrogens with two attached hydrogens (primary N) is 1. The van der Waals surface area contributed by atoms with E-state index in [1.165, 1.54) is 0 Å². The van der Waals surface area contributed by atoms with Gasteiger partial charge >= 0.3 is 0 Å². The number of nitrogen functional groups attached to an aromatic ring is 1. The van der Waals surface area contributed by atoms with E-state index in [0.29, 0.717) is 11.6 Å². The standard InChI is InChI=1S/C19H22N6.ClH/c1-3-21-15-13-16(20)25(4-2)19-17(15)18(23-24-19)22-12-8-11-14-9-6-5-7-10-14;/h5-13H,3-4H2,1-2H3,(H3,20,21,23,24);1H/b11-8+,22-12+;. The van der Waals surface area contributed by atoms with Crippen LogP contribution in [0.4, 0.5) is 17.3 Å². The number of H-pyrrole nitrogens is 1. The molecule has 0 aliphatic rings. The van der Waals surface area contributed by atoms with Crippen molar-refractivity contribution >= 4 is 40.6 Å². The SMILES string of the molecule is CCNc1cc(N)[n+](CC)c2n[nH]c(/N=C/C=C/c3ccccc3)c12.[Cl-]. The number of aliphatic imine (C=N–C) groups is 1. The van der Waals surface area contributed by atoms with E-state index >= 15 is 0 Å². The van der Waals surface area contributed by atoms with Crippen molar-refractivity contribution in [3.05, 3.63) is 48.0 Å². The van der Waals surface area contributed by atoms with Crippen molar-refractivity contribution in [1.82, 2.24) is 10.2 Å². The summed E-state index contributed by atoms with van der Waals surface area (Å²) in [5, 5.41) is 11.7. The van der Waals surface area contributed by atoms with E-state index in [9.17, 15) is 0 Å². The molecule has 0 atom stereocenters. The van der Waals surface area contributed by atoms with Gasteiger partial charge in [-0.1, -0.05) is 36.4 Å². The number of hydrogen-bond donors (Lipinski definition) is 3. The highest BCUT2D eigenvalue weighted by atomic mass is 35.5. The van der Waals surface area contributed by atoms with Crippen LogP contribution in [0.3, 0.4) is 0 Å². The fraction of sp³-hybridized carbons (Fsp3) is 0.211. The Balaban J connectivity index is 0.00000243. The number of nitrogens with zero attached hydrogens (tertiary/aromatic N) is 3.